The van der Waals surface area contributed by atoms with Crippen molar-refractivity contribution in [1.29, 1.82) is 0 Å². The molecule has 1 saturated heterocycles. The van der Waals surface area contributed by atoms with Gasteiger partial charge in [-0.15, -0.1) is 10.2 Å². The fraction of sp³-hybridized carbons (Fsp3) is 0.346. The van der Waals surface area contributed by atoms with Gasteiger partial charge in [0.05, 0.1) is 12.1 Å². The number of nitrogens with one attached hydrogen (secondary N) is 1. The van der Waals surface area contributed by atoms with E-state index in [-0.39, 0.29) is 18.3 Å². The van der Waals surface area contributed by atoms with Gasteiger partial charge in [0, 0.05) is 23.6 Å². The van der Waals surface area contributed by atoms with E-state index in [1.807, 2.05) is 35.0 Å². The first-order chi connectivity index (χ1) is 16.5. The number of nitrogens with zero attached hydrogens (tertiary/aromatic N) is 4. The molecule has 0 bridgehead atoms. The molecule has 3 heterocycles. The standard InChI is InChI=1S/C26H28FN5O2/c1-18-10-12-31(13-11-18)17-25-29-30-26(34-25)22-15-32(23-5-3-2-4-21(22)23)16-24(33)28-14-19-6-8-20(27)9-7-19/h2-9,15,18H,10-14,16-17H2,1H3,(H,28,33). The molecule has 0 aliphatic carbocycles. The molecule has 4 aromatic rings. The van der Waals surface area contributed by atoms with E-state index in [1.54, 1.807) is 12.1 Å². The molecule has 176 valence electrons. The molecular formula is C26H28FN5O2. The molecule has 8 heteroatoms. The zero-order valence-electron chi connectivity index (χ0n) is 19.2. The minimum absolute atomic E-state index is 0.137. The van der Waals surface area contributed by atoms with E-state index in [9.17, 15) is 9.18 Å². The highest BCUT2D eigenvalue weighted by Gasteiger charge is 2.20. The van der Waals surface area contributed by atoms with Crippen molar-refractivity contribution >= 4 is 16.8 Å². The molecule has 1 fully saturated rings. The number of benzene rings is 2. The Morgan fingerprint density at radius 1 is 1.12 bits per heavy atom. The Balaban J connectivity index is 1.30. The monoisotopic (exact) mass is 461 g/mol. The minimum Gasteiger partial charge on any atom is -0.419 e. The van der Waals surface area contributed by atoms with Crippen molar-refractivity contribution in [3.8, 4) is 11.5 Å². The second kappa shape index (κ2) is 9.77. The van der Waals surface area contributed by atoms with E-state index in [1.165, 1.54) is 25.0 Å². The van der Waals surface area contributed by atoms with Crippen LogP contribution in [0.25, 0.3) is 22.4 Å². The maximum Gasteiger partial charge on any atom is 0.249 e. The topological polar surface area (TPSA) is 76.2 Å². The Labute approximate surface area is 197 Å². The first-order valence-corrected chi connectivity index (χ1v) is 11.7. The summed E-state index contributed by atoms with van der Waals surface area (Å²) < 4.78 is 21.0. The van der Waals surface area contributed by atoms with Crippen LogP contribution in [-0.4, -0.2) is 38.7 Å². The average molecular weight is 462 g/mol. The summed E-state index contributed by atoms with van der Waals surface area (Å²) in [6.07, 6.45) is 4.28. The van der Waals surface area contributed by atoms with Gasteiger partial charge in [0.15, 0.2) is 0 Å². The van der Waals surface area contributed by atoms with Gasteiger partial charge >= 0.3 is 0 Å². The molecule has 5 rings (SSSR count). The van der Waals surface area contributed by atoms with Gasteiger partial charge in [0.25, 0.3) is 0 Å². The average Bonchev–Trinajstić information content (AvgIpc) is 3.45. The Bertz CT molecular complexity index is 1270. The fourth-order valence-electron chi connectivity index (χ4n) is 4.40. The number of rotatable bonds is 7. The summed E-state index contributed by atoms with van der Waals surface area (Å²) in [5.74, 6) is 1.41. The molecule has 0 atom stereocenters. The quantitative estimate of drug-likeness (QED) is 0.442. The van der Waals surface area contributed by atoms with Crippen LogP contribution in [0.15, 0.2) is 59.1 Å². The van der Waals surface area contributed by atoms with Gasteiger partial charge in [-0.05, 0) is 55.6 Å². The van der Waals surface area contributed by atoms with Gasteiger partial charge in [0.1, 0.15) is 12.4 Å². The molecule has 0 radical (unpaired) electrons. The van der Waals surface area contributed by atoms with Crippen molar-refractivity contribution in [2.45, 2.75) is 39.4 Å². The number of hydrogen-bond donors (Lipinski definition) is 1. The van der Waals surface area contributed by atoms with Crippen LogP contribution >= 0.6 is 0 Å². The van der Waals surface area contributed by atoms with Crippen LogP contribution in [0.3, 0.4) is 0 Å². The van der Waals surface area contributed by atoms with Gasteiger partial charge in [-0.1, -0.05) is 37.3 Å². The zero-order chi connectivity index (χ0) is 23.5. The van der Waals surface area contributed by atoms with Crippen molar-refractivity contribution in [1.82, 2.24) is 25.0 Å². The second-order valence-corrected chi connectivity index (χ2v) is 9.05. The smallest absolute Gasteiger partial charge is 0.249 e. The Kier molecular flexibility index (Phi) is 6.40. The maximum atomic E-state index is 13.1. The zero-order valence-corrected chi connectivity index (χ0v) is 19.2. The third-order valence-corrected chi connectivity index (χ3v) is 6.44. The molecule has 1 aliphatic rings. The van der Waals surface area contributed by atoms with Gasteiger partial charge in [-0.3, -0.25) is 9.69 Å². The number of carbonyl (C=O) groups excluding carboxylic acids is 1. The molecule has 0 spiro atoms. The molecule has 7 nitrogen and oxygen atoms in total. The number of para-hydroxylation sites is 1. The lowest BCUT2D eigenvalue weighted by Gasteiger charge is -2.28. The first kappa shape index (κ1) is 22.3. The Hall–Kier alpha value is -3.52. The number of aromatic nitrogens is 3. The van der Waals surface area contributed by atoms with Crippen LogP contribution in [0.5, 0.6) is 0 Å². The van der Waals surface area contributed by atoms with Crippen LogP contribution < -0.4 is 5.32 Å². The lowest BCUT2D eigenvalue weighted by atomic mass is 9.99. The number of likely N-dealkylation sites (tertiary alicyclic amines) is 1. The first-order valence-electron chi connectivity index (χ1n) is 11.7. The van der Waals surface area contributed by atoms with Gasteiger partial charge in [0.2, 0.25) is 17.7 Å². The molecule has 1 N–H and O–H groups in total. The minimum atomic E-state index is -0.295. The summed E-state index contributed by atoms with van der Waals surface area (Å²) in [5.41, 5.74) is 2.57. The predicted molar refractivity (Wildman–Crippen MR) is 127 cm³/mol. The molecule has 1 amide bonds. The third-order valence-electron chi connectivity index (χ3n) is 6.44. The molecule has 0 unspecified atom stereocenters. The highest BCUT2D eigenvalue weighted by atomic mass is 19.1. The summed E-state index contributed by atoms with van der Waals surface area (Å²) in [7, 11) is 0. The highest BCUT2D eigenvalue weighted by molar-refractivity contribution is 5.94. The van der Waals surface area contributed by atoms with Crippen LogP contribution in [0.4, 0.5) is 4.39 Å². The summed E-state index contributed by atoms with van der Waals surface area (Å²) in [6, 6.07) is 14.0. The number of carbonyl (C=O) groups is 1. The number of halogens is 1. The van der Waals surface area contributed by atoms with E-state index in [0.29, 0.717) is 24.9 Å². The summed E-state index contributed by atoms with van der Waals surface area (Å²) >= 11 is 0. The van der Waals surface area contributed by atoms with Gasteiger partial charge < -0.3 is 14.3 Å². The summed E-state index contributed by atoms with van der Waals surface area (Å²) in [6.45, 7) is 5.53. The number of amides is 1. The molecule has 0 saturated carbocycles. The number of piperidine rings is 1. The SMILES string of the molecule is CC1CCN(Cc2nnc(-c3cn(CC(=O)NCc4ccc(F)cc4)c4ccccc34)o2)CC1. The van der Waals surface area contributed by atoms with E-state index in [0.717, 1.165) is 41.0 Å². The maximum absolute atomic E-state index is 13.1. The van der Waals surface area contributed by atoms with Crippen molar-refractivity contribution in [2.24, 2.45) is 5.92 Å². The highest BCUT2D eigenvalue weighted by Crippen LogP contribution is 2.30. The van der Waals surface area contributed by atoms with Crippen LogP contribution in [-0.2, 0) is 24.4 Å². The largest absolute Gasteiger partial charge is 0.419 e. The predicted octanol–water partition coefficient (Wildman–Crippen LogP) is 4.38. The number of hydrogen-bond acceptors (Lipinski definition) is 5. The second-order valence-electron chi connectivity index (χ2n) is 9.05. The molecular weight excluding hydrogens is 433 g/mol. The fourth-order valence-corrected chi connectivity index (χ4v) is 4.40. The van der Waals surface area contributed by atoms with Crippen LogP contribution in [0.2, 0.25) is 0 Å². The van der Waals surface area contributed by atoms with Crippen molar-refractivity contribution < 1.29 is 13.6 Å². The summed E-state index contributed by atoms with van der Waals surface area (Å²) in [4.78, 5) is 15.0. The lowest BCUT2D eigenvalue weighted by molar-refractivity contribution is -0.121. The normalized spacial score (nSPS) is 15.1. The van der Waals surface area contributed by atoms with E-state index in [2.05, 4.69) is 27.3 Å². The Morgan fingerprint density at radius 3 is 2.68 bits per heavy atom. The third kappa shape index (κ3) is 5.02. The van der Waals surface area contributed by atoms with E-state index in [4.69, 9.17) is 4.42 Å². The van der Waals surface area contributed by atoms with Crippen molar-refractivity contribution in [3.63, 3.8) is 0 Å². The lowest BCUT2D eigenvalue weighted by Crippen LogP contribution is -2.32. The Morgan fingerprint density at radius 2 is 1.88 bits per heavy atom. The molecule has 34 heavy (non-hydrogen) atoms. The summed E-state index contributed by atoms with van der Waals surface area (Å²) in [5, 5.41) is 12.4. The van der Waals surface area contributed by atoms with E-state index >= 15 is 0 Å². The van der Waals surface area contributed by atoms with E-state index < -0.39 is 0 Å². The molecule has 1 aliphatic heterocycles. The number of fused-ring (bicyclic) bond motifs is 1. The van der Waals surface area contributed by atoms with Crippen LogP contribution in [0, 0.1) is 11.7 Å². The van der Waals surface area contributed by atoms with Gasteiger partial charge in [-0.2, -0.15) is 0 Å². The molecule has 2 aromatic carbocycles. The van der Waals surface area contributed by atoms with Gasteiger partial charge in [-0.25, -0.2) is 4.39 Å². The molecule has 2 aromatic heterocycles. The van der Waals surface area contributed by atoms with Crippen molar-refractivity contribution in [3.05, 3.63) is 72.0 Å². The van der Waals surface area contributed by atoms with Crippen molar-refractivity contribution in [2.75, 3.05) is 13.1 Å². The van der Waals surface area contributed by atoms with Crippen LogP contribution in [0.1, 0.15) is 31.2 Å².